The lowest BCUT2D eigenvalue weighted by atomic mass is 10.00. The first-order chi connectivity index (χ1) is 18.8. The molecule has 4 aromatic rings. The van der Waals surface area contributed by atoms with Crippen molar-refractivity contribution in [3.63, 3.8) is 0 Å². The summed E-state index contributed by atoms with van der Waals surface area (Å²) in [5, 5.41) is 20.9. The number of aromatic nitrogens is 1. The van der Waals surface area contributed by atoms with Gasteiger partial charge in [-0.25, -0.2) is 9.59 Å². The van der Waals surface area contributed by atoms with E-state index >= 15 is 0 Å². The monoisotopic (exact) mass is 530 g/mol. The van der Waals surface area contributed by atoms with Crippen LogP contribution in [0.3, 0.4) is 0 Å². The maximum Gasteiger partial charge on any atom is 0.503 e. The van der Waals surface area contributed by atoms with Crippen molar-refractivity contribution < 1.29 is 33.8 Å². The molecule has 9 nitrogen and oxygen atoms in total. The van der Waals surface area contributed by atoms with Gasteiger partial charge in [-0.15, -0.1) is 0 Å². The molecule has 1 aromatic heterocycles. The fraction of sp³-hybridized carbons (Fsp3) is 0.233. The summed E-state index contributed by atoms with van der Waals surface area (Å²) in [5.41, 5.74) is 6.39. The van der Waals surface area contributed by atoms with Crippen LogP contribution in [0, 0.1) is 6.92 Å². The van der Waals surface area contributed by atoms with Crippen LogP contribution in [0.15, 0.2) is 77.3 Å². The Morgan fingerprint density at radius 2 is 1.51 bits per heavy atom. The van der Waals surface area contributed by atoms with Crippen LogP contribution < -0.4 is 10.1 Å². The minimum atomic E-state index is -1.83. The van der Waals surface area contributed by atoms with Gasteiger partial charge in [-0.3, -0.25) is 5.32 Å². The normalized spacial score (nSPS) is 13.0. The van der Waals surface area contributed by atoms with Crippen LogP contribution in [0.1, 0.15) is 48.7 Å². The van der Waals surface area contributed by atoms with Gasteiger partial charge >= 0.3 is 12.2 Å². The highest BCUT2D eigenvalue weighted by molar-refractivity contribution is 5.91. The van der Waals surface area contributed by atoms with Gasteiger partial charge in [-0.1, -0.05) is 71.9 Å². The summed E-state index contributed by atoms with van der Waals surface area (Å²) in [6, 6.07) is 24.3. The number of aryl methyl sites for hydroxylation is 1. The molecule has 1 atom stereocenters. The van der Waals surface area contributed by atoms with E-state index in [1.165, 1.54) is 24.0 Å². The second-order valence-corrected chi connectivity index (χ2v) is 9.13. The molecule has 3 N–H and O–H groups in total. The molecule has 202 valence electrons. The molecule has 1 heterocycles. The molecule has 1 unspecified atom stereocenters. The number of carbonyl (C=O) groups excluding carboxylic acids is 1. The molecule has 0 radical (unpaired) electrons. The number of para-hydroxylation sites is 1. The Morgan fingerprint density at radius 3 is 2.10 bits per heavy atom. The summed E-state index contributed by atoms with van der Waals surface area (Å²) in [6.07, 6.45) is -0.327. The van der Waals surface area contributed by atoms with Crippen molar-refractivity contribution in [1.82, 2.24) is 5.16 Å². The minimum absolute atomic E-state index is 0.490. The van der Waals surface area contributed by atoms with Crippen molar-refractivity contribution >= 4 is 17.9 Å². The lowest BCUT2D eigenvalue weighted by Gasteiger charge is -2.17. The molecule has 0 spiro atoms. The maximum absolute atomic E-state index is 12.7. The zero-order chi connectivity index (χ0) is 27.9. The van der Waals surface area contributed by atoms with E-state index in [1.54, 1.807) is 21.0 Å². The number of rotatable bonds is 7. The Balaban J connectivity index is 0.000000826. The molecular formula is C30H30N2O7. The van der Waals surface area contributed by atoms with E-state index in [1.807, 2.05) is 36.4 Å². The van der Waals surface area contributed by atoms with Crippen molar-refractivity contribution in [2.24, 2.45) is 0 Å². The highest BCUT2D eigenvalue weighted by Gasteiger charge is 2.23. The Hall–Kier alpha value is -4.79. The van der Waals surface area contributed by atoms with Gasteiger partial charge in [-0.2, -0.15) is 0 Å². The zero-order valence-electron chi connectivity index (χ0n) is 21.9. The number of amides is 1. The Morgan fingerprint density at radius 1 is 0.949 bits per heavy atom. The third kappa shape index (κ3) is 6.95. The highest BCUT2D eigenvalue weighted by atomic mass is 16.6. The van der Waals surface area contributed by atoms with Gasteiger partial charge in [0.05, 0.1) is 7.11 Å². The van der Waals surface area contributed by atoms with E-state index in [0.29, 0.717) is 22.9 Å². The van der Waals surface area contributed by atoms with E-state index < -0.39 is 18.4 Å². The molecule has 1 fully saturated rings. The van der Waals surface area contributed by atoms with E-state index in [4.69, 9.17) is 29.0 Å². The molecule has 0 aliphatic heterocycles. The van der Waals surface area contributed by atoms with Gasteiger partial charge in [0.1, 0.15) is 23.2 Å². The Labute approximate surface area is 226 Å². The number of benzene rings is 3. The molecule has 0 saturated heterocycles. The molecule has 9 heteroatoms. The molecule has 39 heavy (non-hydrogen) atoms. The van der Waals surface area contributed by atoms with Crippen molar-refractivity contribution in [3.8, 4) is 28.1 Å². The number of nitrogens with zero attached hydrogens (tertiary/aromatic N) is 1. The topological polar surface area (TPSA) is 131 Å². The summed E-state index contributed by atoms with van der Waals surface area (Å²) in [5.74, 6) is 1.91. The average molecular weight is 531 g/mol. The van der Waals surface area contributed by atoms with Gasteiger partial charge in [0.2, 0.25) is 0 Å². The molecule has 1 saturated carbocycles. The van der Waals surface area contributed by atoms with Crippen LogP contribution in [0.25, 0.3) is 22.4 Å². The smallest absolute Gasteiger partial charge is 0.496 e. The molecule has 1 aliphatic rings. The van der Waals surface area contributed by atoms with Crippen molar-refractivity contribution in [3.05, 3.63) is 89.7 Å². The second kappa shape index (κ2) is 12.2. The van der Waals surface area contributed by atoms with Crippen LogP contribution in [0.2, 0.25) is 0 Å². The van der Waals surface area contributed by atoms with Crippen LogP contribution in [0.4, 0.5) is 15.3 Å². The van der Waals surface area contributed by atoms with Crippen LogP contribution >= 0.6 is 0 Å². The number of methoxy groups -OCH3 is 1. The lowest BCUT2D eigenvalue weighted by molar-refractivity contribution is 0.119. The summed E-state index contributed by atoms with van der Waals surface area (Å²) in [6.45, 7) is 3.56. The van der Waals surface area contributed by atoms with Gasteiger partial charge in [0.15, 0.2) is 5.76 Å². The first-order valence-electron chi connectivity index (χ1n) is 12.5. The quantitative estimate of drug-likeness (QED) is 0.221. The van der Waals surface area contributed by atoms with Crippen LogP contribution in [-0.2, 0) is 4.74 Å². The third-order valence-electron chi connectivity index (χ3n) is 6.40. The predicted molar refractivity (Wildman–Crippen MR) is 146 cm³/mol. The van der Waals surface area contributed by atoms with Gasteiger partial charge in [0.25, 0.3) is 0 Å². The first kappa shape index (κ1) is 27.3. The number of carbonyl (C=O) groups is 2. The first-order valence-corrected chi connectivity index (χ1v) is 12.5. The van der Waals surface area contributed by atoms with E-state index in [9.17, 15) is 4.79 Å². The molecule has 3 aromatic carbocycles. The maximum atomic E-state index is 12.7. The summed E-state index contributed by atoms with van der Waals surface area (Å²) >= 11 is 0. The number of ether oxygens (including phenoxy) is 2. The lowest BCUT2D eigenvalue weighted by Crippen LogP contribution is -2.17. The van der Waals surface area contributed by atoms with Gasteiger partial charge in [-0.05, 0) is 55.4 Å². The number of hydrogen-bond acceptors (Lipinski definition) is 6. The van der Waals surface area contributed by atoms with Crippen LogP contribution in [0.5, 0.6) is 5.75 Å². The fourth-order valence-electron chi connectivity index (χ4n) is 4.26. The summed E-state index contributed by atoms with van der Waals surface area (Å²) < 4.78 is 16.4. The van der Waals surface area contributed by atoms with Gasteiger partial charge < -0.3 is 24.2 Å². The van der Waals surface area contributed by atoms with Crippen molar-refractivity contribution in [2.45, 2.75) is 38.7 Å². The van der Waals surface area contributed by atoms with Crippen LogP contribution in [-0.4, -0.2) is 34.7 Å². The SMILES string of the molecule is COc1ccccc1C(C)OC(=O)Nc1c(-c2ccc(-c3ccc(C4CC4)cc3)cc2)noc1C.O=C(O)O. The summed E-state index contributed by atoms with van der Waals surface area (Å²) in [7, 11) is 1.59. The molecular weight excluding hydrogens is 500 g/mol. The third-order valence-corrected chi connectivity index (χ3v) is 6.40. The average Bonchev–Trinajstić information content (AvgIpc) is 3.72. The standard InChI is InChI=1S/C29H28N2O4.CH2O3/c1-18(25-6-4-5-7-26(25)33-3)34-29(32)30-27-19(2)35-31-28(27)24-16-14-23(15-17-24)22-12-10-21(11-13-22)20-8-9-20;2-1(3)4/h4-7,10-18,20H,8-9H2,1-3H3,(H,30,32);(H2,2,3,4). The minimum Gasteiger partial charge on any atom is -0.496 e. The van der Waals surface area contributed by atoms with Gasteiger partial charge in [0, 0.05) is 11.1 Å². The molecule has 0 bridgehead atoms. The number of carboxylic acid groups (broad SMARTS) is 2. The number of anilines is 1. The molecule has 5 rings (SSSR count). The molecule has 1 amide bonds. The Kier molecular flexibility index (Phi) is 8.50. The van der Waals surface area contributed by atoms with Crippen molar-refractivity contribution in [2.75, 3.05) is 12.4 Å². The summed E-state index contributed by atoms with van der Waals surface area (Å²) in [4.78, 5) is 21.3. The Bertz CT molecular complexity index is 1420. The largest absolute Gasteiger partial charge is 0.503 e. The number of hydrogen-bond donors (Lipinski definition) is 3. The second-order valence-electron chi connectivity index (χ2n) is 9.13. The predicted octanol–water partition coefficient (Wildman–Crippen LogP) is 7.74. The van der Waals surface area contributed by atoms with E-state index in [2.05, 4.69) is 46.9 Å². The highest BCUT2D eigenvalue weighted by Crippen LogP contribution is 2.40. The molecule has 1 aliphatic carbocycles. The van der Waals surface area contributed by atoms with E-state index in [0.717, 1.165) is 22.6 Å². The fourth-order valence-corrected chi connectivity index (χ4v) is 4.26. The number of nitrogens with one attached hydrogen (secondary N) is 1. The zero-order valence-corrected chi connectivity index (χ0v) is 21.9. The van der Waals surface area contributed by atoms with E-state index in [-0.39, 0.29) is 0 Å². The van der Waals surface area contributed by atoms with Crippen molar-refractivity contribution in [1.29, 1.82) is 0 Å².